The van der Waals surface area contributed by atoms with Crippen LogP contribution in [-0.2, 0) is 19.1 Å². The fraction of sp³-hybridized carbons (Fsp3) is 0.667. The van der Waals surface area contributed by atoms with E-state index in [0.717, 1.165) is 0 Å². The predicted molar refractivity (Wildman–Crippen MR) is 67.1 cm³/mol. The van der Waals surface area contributed by atoms with E-state index in [9.17, 15) is 19.8 Å². The molecule has 112 valence electrons. The van der Waals surface area contributed by atoms with Gasteiger partial charge in [0.15, 0.2) is 11.4 Å². The first kappa shape index (κ1) is 14.6. The largest absolute Gasteiger partial charge is 0.477 e. The van der Waals surface area contributed by atoms with Crippen molar-refractivity contribution in [3.8, 4) is 0 Å². The van der Waals surface area contributed by atoms with Crippen LogP contribution in [0, 0.1) is 0 Å². The molecule has 0 aromatic rings. The topological polar surface area (TPSA) is 99.5 Å². The van der Waals surface area contributed by atoms with E-state index in [4.69, 9.17) is 9.47 Å². The lowest BCUT2D eigenvalue weighted by Gasteiger charge is -2.34. The van der Waals surface area contributed by atoms with Gasteiger partial charge in [-0.25, -0.2) is 9.59 Å². The molecule has 8 heteroatoms. The lowest BCUT2D eigenvalue weighted by molar-refractivity contribution is -0.139. The van der Waals surface area contributed by atoms with Crippen LogP contribution in [0.3, 0.4) is 0 Å². The van der Waals surface area contributed by atoms with Crippen LogP contribution < -0.4 is 0 Å². The first-order chi connectivity index (χ1) is 9.61. The van der Waals surface area contributed by atoms with Gasteiger partial charge in [-0.15, -0.1) is 0 Å². The molecule has 0 unspecified atom stereocenters. The first-order valence-electron chi connectivity index (χ1n) is 6.47. The van der Waals surface area contributed by atoms with Gasteiger partial charge in [0.1, 0.15) is 0 Å². The van der Waals surface area contributed by atoms with Gasteiger partial charge in [-0.05, 0) is 0 Å². The highest BCUT2D eigenvalue weighted by atomic mass is 16.5. The number of nitrogens with zero attached hydrogens (tertiary/aromatic N) is 2. The molecule has 2 N–H and O–H groups in total. The summed E-state index contributed by atoms with van der Waals surface area (Å²) in [6.07, 6.45) is 0. The SMILES string of the molecule is O=C(O)/C(=C(\C(=O)O)N1CCOCC1)N1CCOCC1. The fourth-order valence-corrected chi connectivity index (χ4v) is 2.35. The molecule has 20 heavy (non-hydrogen) atoms. The third-order valence-electron chi connectivity index (χ3n) is 3.28. The van der Waals surface area contributed by atoms with E-state index in [1.54, 1.807) is 9.80 Å². The molecule has 2 saturated heterocycles. The summed E-state index contributed by atoms with van der Waals surface area (Å²) >= 11 is 0. The molecule has 0 atom stereocenters. The second-order valence-corrected chi connectivity index (χ2v) is 4.51. The monoisotopic (exact) mass is 286 g/mol. The van der Waals surface area contributed by atoms with E-state index in [1.807, 2.05) is 0 Å². The van der Waals surface area contributed by atoms with Crippen molar-refractivity contribution >= 4 is 11.9 Å². The lowest BCUT2D eigenvalue weighted by Crippen LogP contribution is -2.44. The van der Waals surface area contributed by atoms with Crippen molar-refractivity contribution in [2.45, 2.75) is 0 Å². The Kier molecular flexibility index (Phi) is 4.80. The number of carboxylic acid groups (broad SMARTS) is 2. The maximum Gasteiger partial charge on any atom is 0.354 e. The van der Waals surface area contributed by atoms with Gasteiger partial charge in [-0.3, -0.25) is 0 Å². The van der Waals surface area contributed by atoms with Gasteiger partial charge in [-0.2, -0.15) is 0 Å². The molecule has 0 saturated carbocycles. The molecule has 0 bridgehead atoms. The molecule has 0 aliphatic carbocycles. The third kappa shape index (κ3) is 3.20. The third-order valence-corrected chi connectivity index (χ3v) is 3.28. The Morgan fingerprint density at radius 3 is 1.25 bits per heavy atom. The van der Waals surface area contributed by atoms with E-state index in [-0.39, 0.29) is 11.4 Å². The Labute approximate surface area is 116 Å². The highest BCUT2D eigenvalue weighted by molar-refractivity contribution is 5.98. The average molecular weight is 286 g/mol. The second-order valence-electron chi connectivity index (χ2n) is 4.51. The maximum atomic E-state index is 11.5. The quantitative estimate of drug-likeness (QED) is 0.637. The summed E-state index contributed by atoms with van der Waals surface area (Å²) in [4.78, 5) is 26.2. The zero-order valence-corrected chi connectivity index (χ0v) is 11.1. The van der Waals surface area contributed by atoms with Gasteiger partial charge in [-0.1, -0.05) is 0 Å². The summed E-state index contributed by atoms with van der Waals surface area (Å²) in [5, 5.41) is 18.8. The van der Waals surface area contributed by atoms with E-state index < -0.39 is 11.9 Å². The minimum absolute atomic E-state index is 0.164. The molecule has 0 aromatic carbocycles. The maximum absolute atomic E-state index is 11.5. The molecule has 2 rings (SSSR count). The van der Waals surface area contributed by atoms with Crippen molar-refractivity contribution in [2.24, 2.45) is 0 Å². The van der Waals surface area contributed by atoms with Gasteiger partial charge in [0.2, 0.25) is 0 Å². The summed E-state index contributed by atoms with van der Waals surface area (Å²) in [7, 11) is 0. The van der Waals surface area contributed by atoms with Gasteiger partial charge in [0, 0.05) is 26.2 Å². The first-order valence-corrected chi connectivity index (χ1v) is 6.47. The van der Waals surface area contributed by atoms with Crippen LogP contribution in [0.1, 0.15) is 0 Å². The summed E-state index contributed by atoms with van der Waals surface area (Å²) in [5.41, 5.74) is -0.328. The standard InChI is InChI=1S/C12H18N2O6/c15-11(16)9(13-1-5-19-6-2-13)10(12(17)18)14-3-7-20-8-4-14/h1-8H2,(H,15,16)(H,17,18)/b10-9-. The van der Waals surface area contributed by atoms with Crippen LogP contribution in [0.5, 0.6) is 0 Å². The molecule has 0 spiro atoms. The van der Waals surface area contributed by atoms with Crippen molar-refractivity contribution in [3.63, 3.8) is 0 Å². The van der Waals surface area contributed by atoms with Crippen molar-refractivity contribution in [1.82, 2.24) is 9.80 Å². The van der Waals surface area contributed by atoms with Crippen LogP contribution in [-0.4, -0.2) is 84.6 Å². The van der Waals surface area contributed by atoms with Crippen LogP contribution in [0.15, 0.2) is 11.4 Å². The number of rotatable bonds is 4. The Morgan fingerprint density at radius 1 is 0.700 bits per heavy atom. The summed E-state index contributed by atoms with van der Waals surface area (Å²) in [6, 6.07) is 0. The average Bonchev–Trinajstić information content (AvgIpc) is 2.45. The normalized spacial score (nSPS) is 21.4. The van der Waals surface area contributed by atoms with Gasteiger partial charge < -0.3 is 29.5 Å². The number of ether oxygens (including phenoxy) is 2. The van der Waals surface area contributed by atoms with E-state index in [0.29, 0.717) is 52.6 Å². The zero-order valence-electron chi connectivity index (χ0n) is 11.1. The van der Waals surface area contributed by atoms with Gasteiger partial charge in [0.25, 0.3) is 0 Å². The van der Waals surface area contributed by atoms with E-state index in [2.05, 4.69) is 0 Å². The summed E-state index contributed by atoms with van der Waals surface area (Å²) in [6.45, 7) is 3.09. The number of morpholine rings is 2. The van der Waals surface area contributed by atoms with E-state index in [1.165, 1.54) is 0 Å². The van der Waals surface area contributed by atoms with E-state index >= 15 is 0 Å². The molecule has 2 heterocycles. The van der Waals surface area contributed by atoms with Crippen LogP contribution >= 0.6 is 0 Å². The summed E-state index contributed by atoms with van der Waals surface area (Å²) < 4.78 is 10.4. The van der Waals surface area contributed by atoms with Crippen molar-refractivity contribution in [3.05, 3.63) is 11.4 Å². The Morgan fingerprint density at radius 2 is 1.00 bits per heavy atom. The molecule has 0 amide bonds. The van der Waals surface area contributed by atoms with Crippen LogP contribution in [0.25, 0.3) is 0 Å². The van der Waals surface area contributed by atoms with Gasteiger partial charge >= 0.3 is 11.9 Å². The fourth-order valence-electron chi connectivity index (χ4n) is 2.35. The van der Waals surface area contributed by atoms with Crippen molar-refractivity contribution in [1.29, 1.82) is 0 Å². The molecule has 2 aliphatic heterocycles. The number of hydrogen-bond donors (Lipinski definition) is 2. The number of carboxylic acids is 2. The minimum atomic E-state index is -1.23. The van der Waals surface area contributed by atoms with Gasteiger partial charge in [0.05, 0.1) is 26.4 Å². The smallest absolute Gasteiger partial charge is 0.354 e. The van der Waals surface area contributed by atoms with Crippen LogP contribution in [0.2, 0.25) is 0 Å². The molecule has 0 aromatic heterocycles. The molecular formula is C12H18N2O6. The van der Waals surface area contributed by atoms with Crippen molar-refractivity contribution < 1.29 is 29.3 Å². The number of aliphatic carboxylic acids is 2. The molecule has 2 fully saturated rings. The van der Waals surface area contributed by atoms with Crippen molar-refractivity contribution in [2.75, 3.05) is 52.6 Å². The number of hydrogen-bond acceptors (Lipinski definition) is 6. The molecule has 0 radical (unpaired) electrons. The zero-order chi connectivity index (χ0) is 14.5. The molecule has 8 nitrogen and oxygen atoms in total. The molecular weight excluding hydrogens is 268 g/mol. The Hall–Kier alpha value is -1.80. The number of carbonyl (C=O) groups is 2. The lowest BCUT2D eigenvalue weighted by atomic mass is 10.2. The highest BCUT2D eigenvalue weighted by Crippen LogP contribution is 2.18. The Balaban J connectivity index is 2.35. The Bertz CT molecular complexity index is 372. The second kappa shape index (κ2) is 6.58. The highest BCUT2D eigenvalue weighted by Gasteiger charge is 2.31. The summed E-state index contributed by atoms with van der Waals surface area (Å²) in [5.74, 6) is -2.45. The predicted octanol–water partition coefficient (Wildman–Crippen LogP) is -0.968. The molecule has 2 aliphatic rings. The minimum Gasteiger partial charge on any atom is -0.477 e. The van der Waals surface area contributed by atoms with Crippen LogP contribution in [0.4, 0.5) is 0 Å².